The van der Waals surface area contributed by atoms with Crippen LogP contribution < -0.4 is 5.32 Å². The molecule has 0 aliphatic heterocycles. The van der Waals surface area contributed by atoms with Crippen LogP contribution in [0, 0.1) is 0 Å². The molecule has 0 bridgehead atoms. The van der Waals surface area contributed by atoms with Crippen molar-refractivity contribution in [3.05, 3.63) is 25.3 Å². The van der Waals surface area contributed by atoms with Crippen LogP contribution in [0.25, 0.3) is 0 Å². The van der Waals surface area contributed by atoms with Crippen molar-refractivity contribution >= 4 is 18.9 Å². The fourth-order valence-electron chi connectivity index (χ4n) is 0.287. The fraction of sp³-hybridized carbons (Fsp3) is 0.333. The van der Waals surface area contributed by atoms with Crippen molar-refractivity contribution in [1.82, 2.24) is 5.32 Å². The molecular weight excluding hydrogens is 93.0 g/mol. The molecule has 0 saturated carbocycles. The Morgan fingerprint density at radius 2 is 1.50 bits per heavy atom. The van der Waals surface area contributed by atoms with Gasteiger partial charge in [-0.05, 0) is 0 Å². The molecule has 0 aliphatic carbocycles. The third-order valence-electron chi connectivity index (χ3n) is 0.577. The summed E-state index contributed by atoms with van der Waals surface area (Å²) in [6.07, 6.45) is 3.65. The van der Waals surface area contributed by atoms with Gasteiger partial charge in [0.25, 0.3) is 0 Å². The van der Waals surface area contributed by atoms with E-state index in [0.29, 0.717) is 0 Å². The molecule has 42 valence electrons. The minimum absolute atomic E-state index is 0. The van der Waals surface area contributed by atoms with Crippen molar-refractivity contribution in [3.8, 4) is 0 Å². The van der Waals surface area contributed by atoms with Crippen molar-refractivity contribution in [3.63, 3.8) is 0 Å². The molecule has 0 unspecified atom stereocenters. The molecule has 0 aromatic carbocycles. The zero-order valence-corrected chi connectivity index (χ0v) is 4.48. The normalized spacial score (nSPS) is 7.00. The third kappa shape index (κ3) is 9.40. The molecule has 2 heteroatoms. The predicted octanol–water partition coefficient (Wildman–Crippen LogP) is 0.299. The fourth-order valence-corrected chi connectivity index (χ4v) is 0.287. The Balaban J connectivity index is 0. The van der Waals surface area contributed by atoms with Crippen LogP contribution in [0.3, 0.4) is 0 Å². The van der Waals surface area contributed by atoms with Gasteiger partial charge in [0.15, 0.2) is 0 Å². The van der Waals surface area contributed by atoms with Crippen molar-refractivity contribution < 1.29 is 0 Å². The molecule has 8 heavy (non-hydrogen) atoms. The topological polar surface area (TPSA) is 12.0 Å². The van der Waals surface area contributed by atoms with E-state index in [4.69, 9.17) is 0 Å². The molecule has 0 amide bonds. The molecule has 0 atom stereocenters. The first-order chi connectivity index (χ1) is 3.41. The second-order valence-electron chi connectivity index (χ2n) is 1.24. The van der Waals surface area contributed by atoms with Crippen LogP contribution in [-0.2, 0) is 0 Å². The van der Waals surface area contributed by atoms with Crippen LogP contribution in [-0.4, -0.2) is 32.0 Å². The van der Waals surface area contributed by atoms with Crippen LogP contribution in [0.2, 0.25) is 0 Å². The molecule has 0 saturated heterocycles. The second-order valence-corrected chi connectivity index (χ2v) is 1.24. The summed E-state index contributed by atoms with van der Waals surface area (Å²) >= 11 is 0. The summed E-state index contributed by atoms with van der Waals surface area (Å²) in [6.45, 7) is 8.81. The summed E-state index contributed by atoms with van der Waals surface area (Å²) in [7, 11) is 0. The Bertz CT molecular complexity index is 53.5. The van der Waals surface area contributed by atoms with Gasteiger partial charge in [-0.15, -0.1) is 13.2 Å². The zero-order chi connectivity index (χ0) is 5.54. The molecule has 0 aromatic rings. The van der Waals surface area contributed by atoms with E-state index in [1.165, 1.54) is 0 Å². The Morgan fingerprint density at radius 3 is 1.75 bits per heavy atom. The van der Waals surface area contributed by atoms with E-state index in [1.54, 1.807) is 0 Å². The van der Waals surface area contributed by atoms with E-state index in [0.717, 1.165) is 13.1 Å². The van der Waals surface area contributed by atoms with Gasteiger partial charge in [-0.1, -0.05) is 12.2 Å². The van der Waals surface area contributed by atoms with Gasteiger partial charge in [-0.25, -0.2) is 0 Å². The first-order valence-electron chi connectivity index (χ1n) is 2.34. The summed E-state index contributed by atoms with van der Waals surface area (Å²) in [5.41, 5.74) is 0. The van der Waals surface area contributed by atoms with Gasteiger partial charge in [0.2, 0.25) is 0 Å². The molecule has 1 N–H and O–H groups in total. The molecular formula is C6H12LiN. The van der Waals surface area contributed by atoms with Gasteiger partial charge < -0.3 is 5.32 Å². The Kier molecular flexibility index (Phi) is 13.8. The van der Waals surface area contributed by atoms with Crippen LogP contribution in [0.5, 0.6) is 0 Å². The standard InChI is InChI=1S/C6H11N.Li.H/c1-3-5-7-6-4-2;;/h3-4,7H,1-2,5-6H2;;. The van der Waals surface area contributed by atoms with E-state index in [1.807, 2.05) is 12.2 Å². The summed E-state index contributed by atoms with van der Waals surface area (Å²) in [4.78, 5) is 0. The Morgan fingerprint density at radius 1 is 1.12 bits per heavy atom. The number of nitrogens with one attached hydrogen (secondary N) is 1. The van der Waals surface area contributed by atoms with Crippen molar-refractivity contribution in [2.45, 2.75) is 0 Å². The summed E-state index contributed by atoms with van der Waals surface area (Å²) in [5, 5.41) is 3.05. The maximum absolute atomic E-state index is 3.54. The summed E-state index contributed by atoms with van der Waals surface area (Å²) in [5.74, 6) is 0. The van der Waals surface area contributed by atoms with Crippen molar-refractivity contribution in [1.29, 1.82) is 0 Å². The van der Waals surface area contributed by atoms with Crippen LogP contribution in [0.4, 0.5) is 0 Å². The van der Waals surface area contributed by atoms with Gasteiger partial charge in [0, 0.05) is 13.1 Å². The molecule has 1 nitrogen and oxygen atoms in total. The van der Waals surface area contributed by atoms with E-state index in [2.05, 4.69) is 18.5 Å². The minimum atomic E-state index is 0. The quantitative estimate of drug-likeness (QED) is 0.308. The predicted molar refractivity (Wildman–Crippen MR) is 40.4 cm³/mol. The van der Waals surface area contributed by atoms with E-state index in [-0.39, 0.29) is 18.9 Å². The Hall–Kier alpha value is 0.0374. The van der Waals surface area contributed by atoms with Gasteiger partial charge in [-0.2, -0.15) is 0 Å². The monoisotopic (exact) mass is 105 g/mol. The summed E-state index contributed by atoms with van der Waals surface area (Å²) < 4.78 is 0. The molecule has 0 aliphatic rings. The molecule has 0 rings (SSSR count). The van der Waals surface area contributed by atoms with Crippen LogP contribution in [0.15, 0.2) is 25.3 Å². The first kappa shape index (κ1) is 10.9. The van der Waals surface area contributed by atoms with Gasteiger partial charge in [-0.3, -0.25) is 0 Å². The zero-order valence-electron chi connectivity index (χ0n) is 4.48. The molecule has 0 fully saturated rings. The molecule has 0 aromatic heterocycles. The third-order valence-corrected chi connectivity index (χ3v) is 0.577. The average Bonchev–Trinajstić information content (AvgIpc) is 1.69. The van der Waals surface area contributed by atoms with Crippen molar-refractivity contribution in [2.24, 2.45) is 0 Å². The summed E-state index contributed by atoms with van der Waals surface area (Å²) in [6, 6.07) is 0. The number of rotatable bonds is 4. The van der Waals surface area contributed by atoms with Crippen LogP contribution in [0.1, 0.15) is 0 Å². The Labute approximate surface area is 63.0 Å². The molecule has 0 heterocycles. The van der Waals surface area contributed by atoms with E-state index >= 15 is 0 Å². The van der Waals surface area contributed by atoms with Crippen molar-refractivity contribution in [2.75, 3.05) is 13.1 Å². The first-order valence-corrected chi connectivity index (χ1v) is 2.34. The van der Waals surface area contributed by atoms with Gasteiger partial charge in [0.1, 0.15) is 0 Å². The maximum atomic E-state index is 3.54. The number of hydrogen-bond donors (Lipinski definition) is 1. The van der Waals surface area contributed by atoms with Gasteiger partial charge in [0.05, 0.1) is 0 Å². The average molecular weight is 105 g/mol. The van der Waals surface area contributed by atoms with Gasteiger partial charge >= 0.3 is 18.9 Å². The van der Waals surface area contributed by atoms with Crippen LogP contribution >= 0.6 is 0 Å². The number of hydrogen-bond acceptors (Lipinski definition) is 1. The second kappa shape index (κ2) is 10.1. The molecule has 0 radical (unpaired) electrons. The molecule has 0 spiro atoms. The van der Waals surface area contributed by atoms with E-state index < -0.39 is 0 Å². The van der Waals surface area contributed by atoms with E-state index in [9.17, 15) is 0 Å². The SMILES string of the molecule is C=CCNCC=C.[LiH].